The normalized spacial score (nSPS) is 12.6. The summed E-state index contributed by atoms with van der Waals surface area (Å²) in [6.45, 7) is 3.52. The number of hydrogen-bond donors (Lipinski definition) is 2. The Hall–Kier alpha value is -2.47. The van der Waals surface area contributed by atoms with Crippen molar-refractivity contribution in [1.29, 1.82) is 0 Å². The summed E-state index contributed by atoms with van der Waals surface area (Å²) >= 11 is 0. The van der Waals surface area contributed by atoms with E-state index in [9.17, 15) is 4.79 Å². The number of imidazole rings is 1. The van der Waals surface area contributed by atoms with Gasteiger partial charge in [0.25, 0.3) is 0 Å². The zero-order valence-corrected chi connectivity index (χ0v) is 15.5. The summed E-state index contributed by atoms with van der Waals surface area (Å²) in [5.41, 5.74) is 9.93. The molecule has 0 spiro atoms. The van der Waals surface area contributed by atoms with Crippen LogP contribution in [0, 0.1) is 0 Å². The number of fused-ring (bicyclic) bond motifs is 3. The average molecular weight is 353 g/mol. The largest absolute Gasteiger partial charge is 0.359 e. The van der Waals surface area contributed by atoms with Crippen LogP contribution in [0.2, 0.25) is 0 Å². The van der Waals surface area contributed by atoms with Crippen molar-refractivity contribution in [2.24, 2.45) is 5.73 Å². The molecule has 1 aromatic carbocycles. The molecule has 0 aliphatic heterocycles. The second-order valence-electron chi connectivity index (χ2n) is 6.77. The highest BCUT2D eigenvalue weighted by atomic mass is 16.1. The van der Waals surface area contributed by atoms with E-state index in [4.69, 9.17) is 10.7 Å². The lowest BCUT2D eigenvalue weighted by Gasteiger charge is -2.12. The summed E-state index contributed by atoms with van der Waals surface area (Å²) in [4.78, 5) is 20.8. The van der Waals surface area contributed by atoms with E-state index in [1.54, 1.807) is 7.05 Å². The number of nitrogens with one attached hydrogen (secondary N) is 1. The Bertz CT molecular complexity index is 902. The Morgan fingerprint density at radius 2 is 2.08 bits per heavy atom. The van der Waals surface area contributed by atoms with Gasteiger partial charge in [0.1, 0.15) is 5.52 Å². The lowest BCUT2D eigenvalue weighted by molar-refractivity contribution is -0.120. The molecule has 3 aromatic rings. The zero-order chi connectivity index (χ0) is 18.5. The summed E-state index contributed by atoms with van der Waals surface area (Å²) in [5, 5.41) is 3.79. The average Bonchev–Trinajstić information content (AvgIpc) is 3.10. The SMILES string of the molecule is CNC(=O)CCCCCn1cnc2c(C(C)CN)nc3ccccc3c21. The number of hydrogen-bond acceptors (Lipinski definition) is 4. The quantitative estimate of drug-likeness (QED) is 0.610. The van der Waals surface area contributed by atoms with Gasteiger partial charge in [-0.25, -0.2) is 4.98 Å². The van der Waals surface area contributed by atoms with Crippen LogP contribution in [0.5, 0.6) is 0 Å². The van der Waals surface area contributed by atoms with E-state index in [0.29, 0.717) is 13.0 Å². The van der Waals surface area contributed by atoms with Crippen LogP contribution in [0.3, 0.4) is 0 Å². The minimum Gasteiger partial charge on any atom is -0.359 e. The number of carbonyl (C=O) groups excluding carboxylic acids is 1. The fourth-order valence-electron chi connectivity index (χ4n) is 3.30. The minimum absolute atomic E-state index is 0.107. The van der Waals surface area contributed by atoms with Gasteiger partial charge in [0.05, 0.1) is 23.1 Å². The van der Waals surface area contributed by atoms with E-state index in [0.717, 1.165) is 53.4 Å². The summed E-state index contributed by atoms with van der Waals surface area (Å²) in [6, 6.07) is 8.20. The maximum absolute atomic E-state index is 11.3. The Balaban J connectivity index is 1.87. The number of amides is 1. The number of aryl methyl sites for hydroxylation is 1. The van der Waals surface area contributed by atoms with Crippen molar-refractivity contribution in [2.45, 2.75) is 45.1 Å². The summed E-state index contributed by atoms with van der Waals surface area (Å²) < 4.78 is 2.21. The number of pyridine rings is 1. The lowest BCUT2D eigenvalue weighted by atomic mass is 10.0. The molecular formula is C20H27N5O. The van der Waals surface area contributed by atoms with Crippen molar-refractivity contribution in [3.05, 3.63) is 36.3 Å². The number of rotatable bonds is 8. The van der Waals surface area contributed by atoms with E-state index in [-0.39, 0.29) is 11.8 Å². The van der Waals surface area contributed by atoms with E-state index in [2.05, 4.69) is 27.9 Å². The van der Waals surface area contributed by atoms with Gasteiger partial charge in [-0.15, -0.1) is 0 Å². The van der Waals surface area contributed by atoms with Gasteiger partial charge in [-0.3, -0.25) is 9.78 Å². The fourth-order valence-corrected chi connectivity index (χ4v) is 3.30. The van der Waals surface area contributed by atoms with Crippen molar-refractivity contribution in [3.8, 4) is 0 Å². The first kappa shape index (κ1) is 18.3. The number of para-hydroxylation sites is 1. The van der Waals surface area contributed by atoms with Crippen LogP contribution in [0.15, 0.2) is 30.6 Å². The highest BCUT2D eigenvalue weighted by Gasteiger charge is 2.17. The van der Waals surface area contributed by atoms with Crippen molar-refractivity contribution >= 4 is 27.8 Å². The molecule has 3 rings (SSSR count). The predicted molar refractivity (Wildman–Crippen MR) is 105 cm³/mol. The van der Waals surface area contributed by atoms with Crippen molar-refractivity contribution in [1.82, 2.24) is 19.9 Å². The number of nitrogens with two attached hydrogens (primary N) is 1. The smallest absolute Gasteiger partial charge is 0.219 e. The van der Waals surface area contributed by atoms with Gasteiger partial charge in [-0.1, -0.05) is 31.5 Å². The molecule has 26 heavy (non-hydrogen) atoms. The second kappa shape index (κ2) is 8.27. The monoisotopic (exact) mass is 353 g/mol. The predicted octanol–water partition coefficient (Wildman–Crippen LogP) is 2.95. The Labute approximate surface area is 153 Å². The molecule has 6 heteroatoms. The van der Waals surface area contributed by atoms with E-state index < -0.39 is 0 Å². The molecule has 2 heterocycles. The molecular weight excluding hydrogens is 326 g/mol. The number of unbranched alkanes of at least 4 members (excludes halogenated alkanes) is 2. The Morgan fingerprint density at radius 3 is 2.85 bits per heavy atom. The third-order valence-corrected chi connectivity index (χ3v) is 4.88. The highest BCUT2D eigenvalue weighted by Crippen LogP contribution is 2.29. The van der Waals surface area contributed by atoms with Crippen LogP contribution in [0.25, 0.3) is 21.9 Å². The molecule has 1 unspecified atom stereocenters. The molecule has 0 radical (unpaired) electrons. The van der Waals surface area contributed by atoms with E-state index in [1.807, 2.05) is 24.5 Å². The molecule has 138 valence electrons. The lowest BCUT2D eigenvalue weighted by Crippen LogP contribution is -2.16. The van der Waals surface area contributed by atoms with Gasteiger partial charge >= 0.3 is 0 Å². The number of benzene rings is 1. The van der Waals surface area contributed by atoms with Crippen LogP contribution in [-0.4, -0.2) is 34.0 Å². The van der Waals surface area contributed by atoms with Crippen LogP contribution in [0.4, 0.5) is 0 Å². The molecule has 6 nitrogen and oxygen atoms in total. The van der Waals surface area contributed by atoms with Crippen LogP contribution >= 0.6 is 0 Å². The molecule has 0 fully saturated rings. The van der Waals surface area contributed by atoms with Gasteiger partial charge in [-0.2, -0.15) is 0 Å². The first-order chi connectivity index (χ1) is 12.7. The standard InChI is InChI=1S/C20H27N5O/c1-14(12-21)18-19-20(15-8-5-6-9-16(15)24-18)25(13-23-19)11-7-3-4-10-17(26)22-2/h5-6,8-9,13-14H,3-4,7,10-12,21H2,1-2H3,(H,22,26). The number of carbonyl (C=O) groups is 1. The van der Waals surface area contributed by atoms with Gasteiger partial charge in [-0.05, 0) is 18.9 Å². The van der Waals surface area contributed by atoms with Crippen LogP contribution in [-0.2, 0) is 11.3 Å². The van der Waals surface area contributed by atoms with Gasteiger partial charge < -0.3 is 15.6 Å². The summed E-state index contributed by atoms with van der Waals surface area (Å²) in [6.07, 6.45) is 5.43. The van der Waals surface area contributed by atoms with Gasteiger partial charge in [0.2, 0.25) is 5.91 Å². The molecule has 0 aliphatic rings. The minimum atomic E-state index is 0.107. The highest BCUT2D eigenvalue weighted by molar-refractivity contribution is 6.03. The number of nitrogens with zero attached hydrogens (tertiary/aromatic N) is 3. The topological polar surface area (TPSA) is 85.8 Å². The first-order valence-corrected chi connectivity index (χ1v) is 9.29. The molecule has 0 saturated heterocycles. The molecule has 1 atom stereocenters. The van der Waals surface area contributed by atoms with E-state index >= 15 is 0 Å². The summed E-state index contributed by atoms with van der Waals surface area (Å²) in [7, 11) is 1.68. The molecule has 1 amide bonds. The maximum atomic E-state index is 11.3. The third kappa shape index (κ3) is 3.70. The Kier molecular flexibility index (Phi) is 5.83. The molecule has 2 aromatic heterocycles. The van der Waals surface area contributed by atoms with Crippen LogP contribution in [0.1, 0.15) is 44.2 Å². The summed E-state index contributed by atoms with van der Waals surface area (Å²) in [5.74, 6) is 0.272. The molecule has 0 aliphatic carbocycles. The first-order valence-electron chi connectivity index (χ1n) is 9.29. The van der Waals surface area contributed by atoms with E-state index in [1.165, 1.54) is 0 Å². The van der Waals surface area contributed by atoms with Gasteiger partial charge in [0.15, 0.2) is 0 Å². The Morgan fingerprint density at radius 1 is 1.27 bits per heavy atom. The van der Waals surface area contributed by atoms with Crippen molar-refractivity contribution < 1.29 is 4.79 Å². The maximum Gasteiger partial charge on any atom is 0.219 e. The third-order valence-electron chi connectivity index (χ3n) is 4.88. The van der Waals surface area contributed by atoms with Crippen LogP contribution < -0.4 is 11.1 Å². The molecule has 0 saturated carbocycles. The number of aromatic nitrogens is 3. The van der Waals surface area contributed by atoms with Crippen molar-refractivity contribution in [3.63, 3.8) is 0 Å². The zero-order valence-electron chi connectivity index (χ0n) is 15.5. The van der Waals surface area contributed by atoms with Crippen molar-refractivity contribution in [2.75, 3.05) is 13.6 Å². The molecule has 3 N–H and O–H groups in total. The second-order valence-corrected chi connectivity index (χ2v) is 6.77. The molecule has 0 bridgehead atoms. The fraction of sp³-hybridized carbons (Fsp3) is 0.450. The van der Waals surface area contributed by atoms with Gasteiger partial charge in [0, 0.05) is 37.9 Å².